The predicted octanol–water partition coefficient (Wildman–Crippen LogP) is 3.75. The van der Waals surface area contributed by atoms with Crippen molar-refractivity contribution < 1.29 is 9.21 Å². The molecule has 0 saturated heterocycles. The highest BCUT2D eigenvalue weighted by Gasteiger charge is 2.30. The van der Waals surface area contributed by atoms with Gasteiger partial charge >= 0.3 is 0 Å². The third-order valence-corrected chi connectivity index (χ3v) is 6.96. The van der Waals surface area contributed by atoms with Crippen molar-refractivity contribution >= 4 is 17.2 Å². The number of pyridine rings is 1. The van der Waals surface area contributed by atoms with Crippen molar-refractivity contribution in [3.05, 3.63) is 92.2 Å². The normalized spacial score (nSPS) is 13.9. The number of rotatable bonds is 7. The number of thiophene rings is 1. The van der Waals surface area contributed by atoms with E-state index >= 15 is 0 Å². The van der Waals surface area contributed by atoms with E-state index in [1.165, 1.54) is 10.6 Å². The molecule has 0 fully saturated rings. The Balaban J connectivity index is 1.64. The topological polar surface area (TPSA) is 107 Å². The number of benzene rings is 1. The lowest BCUT2D eigenvalue weighted by Crippen LogP contribution is -2.35. The highest BCUT2D eigenvalue weighted by Crippen LogP contribution is 2.27. The standard InChI is InChI=1S/C25H27N5O3S/c1-16(20-11-8-12-34-20)29(3)23(32)18-13-19(30(4)21(31)14-18)22-27-28-24(33-22)25(2,26)15-17-9-6-5-7-10-17/h5-14,16H,15,26H2,1-4H3/t16?,25-/m1/s1. The lowest BCUT2D eigenvalue weighted by Gasteiger charge is -2.24. The molecule has 0 spiro atoms. The number of hydrogen-bond donors (Lipinski definition) is 1. The van der Waals surface area contributed by atoms with Crippen LogP contribution >= 0.6 is 11.3 Å². The van der Waals surface area contributed by atoms with Crippen LogP contribution in [-0.2, 0) is 19.0 Å². The Bertz CT molecular complexity index is 1340. The minimum Gasteiger partial charge on any atom is -0.417 e. The molecule has 176 valence electrons. The van der Waals surface area contributed by atoms with E-state index in [-0.39, 0.29) is 34.9 Å². The number of nitrogens with zero attached hydrogens (tertiary/aromatic N) is 4. The van der Waals surface area contributed by atoms with Crippen LogP contribution in [0.25, 0.3) is 11.6 Å². The van der Waals surface area contributed by atoms with Gasteiger partial charge in [0.15, 0.2) is 0 Å². The van der Waals surface area contributed by atoms with Crippen LogP contribution in [0.2, 0.25) is 0 Å². The SMILES string of the molecule is CC(c1cccs1)N(C)C(=O)c1cc(-c2nnc([C@](C)(N)Cc3ccccc3)o2)n(C)c(=O)c1. The van der Waals surface area contributed by atoms with Gasteiger partial charge in [0.1, 0.15) is 5.69 Å². The van der Waals surface area contributed by atoms with Gasteiger partial charge in [0.2, 0.25) is 5.89 Å². The maximum atomic E-state index is 13.2. The Morgan fingerprint density at radius 3 is 2.62 bits per heavy atom. The lowest BCUT2D eigenvalue weighted by atomic mass is 9.94. The molecule has 2 N–H and O–H groups in total. The monoisotopic (exact) mass is 477 g/mol. The first-order chi connectivity index (χ1) is 16.2. The van der Waals surface area contributed by atoms with Crippen molar-refractivity contribution in [2.24, 2.45) is 12.8 Å². The number of aromatic nitrogens is 3. The van der Waals surface area contributed by atoms with Crippen LogP contribution in [-0.4, -0.2) is 32.6 Å². The zero-order valence-electron chi connectivity index (χ0n) is 19.6. The first kappa shape index (κ1) is 23.6. The lowest BCUT2D eigenvalue weighted by molar-refractivity contribution is 0.0744. The summed E-state index contributed by atoms with van der Waals surface area (Å²) in [5.41, 5.74) is 6.89. The molecule has 0 aliphatic rings. The van der Waals surface area contributed by atoms with Crippen LogP contribution in [0.1, 0.15) is 46.6 Å². The van der Waals surface area contributed by atoms with Crippen LogP contribution in [0.5, 0.6) is 0 Å². The van der Waals surface area contributed by atoms with Gasteiger partial charge in [-0.1, -0.05) is 36.4 Å². The van der Waals surface area contributed by atoms with Crippen molar-refractivity contribution in [2.75, 3.05) is 7.05 Å². The second-order valence-corrected chi connectivity index (χ2v) is 9.61. The molecule has 3 aromatic heterocycles. The van der Waals surface area contributed by atoms with Crippen molar-refractivity contribution in [1.82, 2.24) is 19.7 Å². The molecule has 0 aliphatic heterocycles. The average molecular weight is 478 g/mol. The summed E-state index contributed by atoms with van der Waals surface area (Å²) < 4.78 is 7.29. The molecule has 3 heterocycles. The second-order valence-electron chi connectivity index (χ2n) is 8.63. The summed E-state index contributed by atoms with van der Waals surface area (Å²) >= 11 is 1.58. The van der Waals surface area contributed by atoms with Crippen molar-refractivity contribution in [1.29, 1.82) is 0 Å². The van der Waals surface area contributed by atoms with E-state index in [9.17, 15) is 9.59 Å². The van der Waals surface area contributed by atoms with Crippen molar-refractivity contribution in [2.45, 2.75) is 31.8 Å². The van der Waals surface area contributed by atoms with E-state index in [1.807, 2.05) is 61.7 Å². The van der Waals surface area contributed by atoms with Crippen LogP contribution in [0.3, 0.4) is 0 Å². The Hall–Kier alpha value is -3.56. The van der Waals surface area contributed by atoms with E-state index in [1.54, 1.807) is 36.4 Å². The first-order valence-electron chi connectivity index (χ1n) is 10.9. The molecular formula is C25H27N5O3S. The molecule has 4 aromatic rings. The predicted molar refractivity (Wildman–Crippen MR) is 131 cm³/mol. The van der Waals surface area contributed by atoms with Gasteiger partial charge in [-0.05, 0) is 43.3 Å². The van der Waals surface area contributed by atoms with Gasteiger partial charge in [-0.25, -0.2) is 0 Å². The molecule has 1 aromatic carbocycles. The summed E-state index contributed by atoms with van der Waals surface area (Å²) in [4.78, 5) is 28.5. The fraction of sp³-hybridized carbons (Fsp3) is 0.280. The van der Waals surface area contributed by atoms with Gasteiger partial charge < -0.3 is 19.6 Å². The molecule has 0 bridgehead atoms. The Kier molecular flexibility index (Phi) is 6.49. The summed E-state index contributed by atoms with van der Waals surface area (Å²) in [6, 6.07) is 16.5. The van der Waals surface area contributed by atoms with E-state index in [0.717, 1.165) is 10.4 Å². The van der Waals surface area contributed by atoms with Crippen molar-refractivity contribution in [3.63, 3.8) is 0 Å². The molecule has 34 heavy (non-hydrogen) atoms. The van der Waals surface area contributed by atoms with E-state index < -0.39 is 5.54 Å². The van der Waals surface area contributed by atoms with Crippen LogP contribution in [0, 0.1) is 0 Å². The summed E-state index contributed by atoms with van der Waals surface area (Å²) in [6.45, 7) is 3.77. The summed E-state index contributed by atoms with van der Waals surface area (Å²) in [6.07, 6.45) is 0.498. The molecule has 0 saturated carbocycles. The quantitative estimate of drug-likeness (QED) is 0.434. The van der Waals surface area contributed by atoms with E-state index in [2.05, 4.69) is 10.2 Å². The van der Waals surface area contributed by atoms with Gasteiger partial charge in [0.25, 0.3) is 17.4 Å². The van der Waals surface area contributed by atoms with Crippen LogP contribution in [0.15, 0.2) is 69.2 Å². The maximum absolute atomic E-state index is 13.2. The maximum Gasteiger partial charge on any atom is 0.264 e. The summed E-state index contributed by atoms with van der Waals surface area (Å²) in [5.74, 6) is 0.106. The number of amides is 1. The minimum absolute atomic E-state index is 0.128. The van der Waals surface area contributed by atoms with Crippen LogP contribution in [0.4, 0.5) is 0 Å². The largest absolute Gasteiger partial charge is 0.417 e. The number of carbonyl (C=O) groups excluding carboxylic acids is 1. The molecule has 2 atom stereocenters. The Labute approximate surface area is 201 Å². The Morgan fingerprint density at radius 2 is 1.94 bits per heavy atom. The zero-order chi connectivity index (χ0) is 24.5. The molecule has 9 heteroatoms. The molecule has 0 aliphatic carbocycles. The summed E-state index contributed by atoms with van der Waals surface area (Å²) in [7, 11) is 3.32. The zero-order valence-corrected chi connectivity index (χ0v) is 20.4. The third-order valence-electron chi connectivity index (χ3n) is 5.91. The number of hydrogen-bond acceptors (Lipinski definition) is 7. The molecule has 4 rings (SSSR count). The van der Waals surface area contributed by atoms with Crippen LogP contribution < -0.4 is 11.3 Å². The van der Waals surface area contributed by atoms with Gasteiger partial charge in [0.05, 0.1) is 11.6 Å². The van der Waals surface area contributed by atoms with Gasteiger partial charge in [-0.2, -0.15) is 0 Å². The minimum atomic E-state index is -0.907. The Morgan fingerprint density at radius 1 is 1.21 bits per heavy atom. The average Bonchev–Trinajstić information content (AvgIpc) is 3.53. The van der Waals surface area contributed by atoms with Crippen molar-refractivity contribution in [3.8, 4) is 11.6 Å². The highest BCUT2D eigenvalue weighted by atomic mass is 32.1. The molecule has 1 unspecified atom stereocenters. The van der Waals surface area contributed by atoms with Gasteiger partial charge in [-0.3, -0.25) is 9.59 Å². The van der Waals surface area contributed by atoms with E-state index in [4.69, 9.17) is 10.2 Å². The fourth-order valence-corrected chi connectivity index (χ4v) is 4.54. The number of carbonyl (C=O) groups is 1. The first-order valence-corrected chi connectivity index (χ1v) is 11.7. The van der Waals surface area contributed by atoms with E-state index in [0.29, 0.717) is 12.1 Å². The van der Waals surface area contributed by atoms with Gasteiger partial charge in [-0.15, -0.1) is 21.5 Å². The number of nitrogens with two attached hydrogens (primary N) is 1. The third kappa shape index (κ3) is 4.71. The molecular weight excluding hydrogens is 450 g/mol. The molecule has 0 radical (unpaired) electrons. The molecule has 8 nitrogen and oxygen atoms in total. The second kappa shape index (κ2) is 9.36. The smallest absolute Gasteiger partial charge is 0.264 e. The fourth-order valence-electron chi connectivity index (χ4n) is 3.72. The van der Waals surface area contributed by atoms with Gasteiger partial charge in [0, 0.05) is 30.6 Å². The molecule has 1 amide bonds. The summed E-state index contributed by atoms with van der Waals surface area (Å²) in [5, 5.41) is 10.3. The highest BCUT2D eigenvalue weighted by molar-refractivity contribution is 7.10.